The summed E-state index contributed by atoms with van der Waals surface area (Å²) in [5, 5.41) is 21.4. The van der Waals surface area contributed by atoms with E-state index in [9.17, 15) is 24.3 Å². The van der Waals surface area contributed by atoms with Gasteiger partial charge in [-0.1, -0.05) is 18.2 Å². The standard InChI is InChI=1S/C22H28N4O6.ClH/c23-16(11-14-12-24-17-4-2-1-3-15(14)17)21(30)26-9-7-13(8-10-26)20(29)25-18(22(31)32)5-6-19(27)28;/h1-4,12-13,16,18,24H,5-11,23H2,(H,25,29)(H,27,28)(H,31,32);1H/t16-,18-;/m0./s1. The van der Waals surface area contributed by atoms with Crippen LogP contribution in [-0.2, 0) is 25.6 Å². The Morgan fingerprint density at radius 1 is 1.15 bits per heavy atom. The van der Waals surface area contributed by atoms with Crippen molar-refractivity contribution in [1.29, 1.82) is 0 Å². The molecule has 6 N–H and O–H groups in total. The van der Waals surface area contributed by atoms with E-state index in [1.54, 1.807) is 4.90 Å². The molecule has 0 spiro atoms. The summed E-state index contributed by atoms with van der Waals surface area (Å²) in [6, 6.07) is 5.84. The lowest BCUT2D eigenvalue weighted by molar-refractivity contribution is -0.144. The molecule has 10 nitrogen and oxygen atoms in total. The van der Waals surface area contributed by atoms with Crippen LogP contribution >= 0.6 is 12.4 Å². The first-order valence-electron chi connectivity index (χ1n) is 10.6. The summed E-state index contributed by atoms with van der Waals surface area (Å²) in [4.78, 5) is 52.0. The van der Waals surface area contributed by atoms with Crippen LogP contribution in [0, 0.1) is 5.92 Å². The molecule has 2 atom stereocenters. The number of hydrogen-bond acceptors (Lipinski definition) is 5. The van der Waals surface area contributed by atoms with Gasteiger partial charge in [-0.25, -0.2) is 4.79 Å². The van der Waals surface area contributed by atoms with Crippen LogP contribution in [0.1, 0.15) is 31.2 Å². The number of halogens is 1. The van der Waals surface area contributed by atoms with Crippen molar-refractivity contribution in [1.82, 2.24) is 15.2 Å². The second-order valence-electron chi connectivity index (χ2n) is 8.10. The fraction of sp³-hybridized carbons (Fsp3) is 0.455. The smallest absolute Gasteiger partial charge is 0.326 e. The molecule has 1 aliphatic heterocycles. The molecule has 1 aliphatic rings. The maximum atomic E-state index is 12.8. The van der Waals surface area contributed by atoms with E-state index < -0.39 is 35.8 Å². The number of benzene rings is 1. The second kappa shape index (κ2) is 11.7. The van der Waals surface area contributed by atoms with Crippen LogP contribution in [-0.4, -0.2) is 69.0 Å². The van der Waals surface area contributed by atoms with Gasteiger partial charge in [-0.05, 0) is 37.3 Å². The zero-order valence-corrected chi connectivity index (χ0v) is 18.8. The van der Waals surface area contributed by atoms with Gasteiger partial charge in [-0.2, -0.15) is 0 Å². The van der Waals surface area contributed by atoms with Crippen LogP contribution in [0.2, 0.25) is 0 Å². The van der Waals surface area contributed by atoms with Gasteiger partial charge in [0, 0.05) is 42.5 Å². The second-order valence-corrected chi connectivity index (χ2v) is 8.10. The first-order valence-corrected chi connectivity index (χ1v) is 10.6. The molecule has 0 saturated carbocycles. The molecule has 1 aromatic carbocycles. The van der Waals surface area contributed by atoms with E-state index in [0.29, 0.717) is 32.4 Å². The van der Waals surface area contributed by atoms with Crippen molar-refractivity contribution < 1.29 is 29.4 Å². The number of likely N-dealkylation sites (tertiary alicyclic amines) is 1. The number of carboxylic acids is 2. The molecule has 33 heavy (non-hydrogen) atoms. The number of carboxylic acid groups (broad SMARTS) is 2. The molecule has 3 rings (SSSR count). The van der Waals surface area contributed by atoms with Crippen molar-refractivity contribution >= 4 is 47.1 Å². The number of nitrogens with one attached hydrogen (secondary N) is 2. The van der Waals surface area contributed by atoms with Crippen molar-refractivity contribution in [3.05, 3.63) is 36.0 Å². The third-order valence-corrected chi connectivity index (χ3v) is 5.87. The molecule has 0 bridgehead atoms. The average Bonchev–Trinajstić information content (AvgIpc) is 3.18. The van der Waals surface area contributed by atoms with Crippen molar-refractivity contribution in [2.24, 2.45) is 11.7 Å². The van der Waals surface area contributed by atoms with Gasteiger partial charge >= 0.3 is 11.9 Å². The minimum atomic E-state index is -1.27. The summed E-state index contributed by atoms with van der Waals surface area (Å²) in [5.41, 5.74) is 8.14. The van der Waals surface area contributed by atoms with Crippen molar-refractivity contribution in [2.75, 3.05) is 13.1 Å². The van der Waals surface area contributed by atoms with Crippen LogP contribution < -0.4 is 11.1 Å². The van der Waals surface area contributed by atoms with E-state index in [1.807, 2.05) is 30.5 Å². The van der Waals surface area contributed by atoms with Crippen LogP contribution in [0.25, 0.3) is 10.9 Å². The third kappa shape index (κ3) is 6.69. The largest absolute Gasteiger partial charge is 0.481 e. The number of carbonyl (C=O) groups excluding carboxylic acids is 2. The number of aromatic amines is 1. The molecule has 180 valence electrons. The van der Waals surface area contributed by atoms with Crippen LogP contribution in [0.5, 0.6) is 0 Å². The summed E-state index contributed by atoms with van der Waals surface area (Å²) in [5.74, 6) is -3.44. The molecule has 0 aliphatic carbocycles. The van der Waals surface area contributed by atoms with Gasteiger partial charge in [0.05, 0.1) is 6.04 Å². The number of amides is 2. The number of aromatic nitrogens is 1. The molecule has 1 fully saturated rings. The zero-order chi connectivity index (χ0) is 23.3. The first kappa shape index (κ1) is 26.1. The third-order valence-electron chi connectivity index (χ3n) is 5.87. The Labute approximate surface area is 196 Å². The van der Waals surface area contributed by atoms with E-state index in [0.717, 1.165) is 16.5 Å². The molecule has 0 radical (unpaired) electrons. The predicted octanol–water partition coefficient (Wildman–Crippen LogP) is 1.13. The van der Waals surface area contributed by atoms with Gasteiger partial charge in [0.15, 0.2) is 0 Å². The van der Waals surface area contributed by atoms with E-state index in [4.69, 9.17) is 10.8 Å². The van der Waals surface area contributed by atoms with E-state index in [1.165, 1.54) is 0 Å². The lowest BCUT2D eigenvalue weighted by Crippen LogP contribution is -2.51. The number of aliphatic carboxylic acids is 2. The lowest BCUT2D eigenvalue weighted by atomic mass is 9.94. The van der Waals surface area contributed by atoms with Crippen LogP contribution in [0.15, 0.2) is 30.5 Å². The maximum absolute atomic E-state index is 12.8. The molecule has 11 heteroatoms. The highest BCUT2D eigenvalue weighted by Gasteiger charge is 2.31. The molecule has 2 aromatic rings. The van der Waals surface area contributed by atoms with Crippen molar-refractivity contribution in [3.8, 4) is 0 Å². The quantitative estimate of drug-likeness (QED) is 0.358. The van der Waals surface area contributed by atoms with E-state index in [2.05, 4.69) is 10.3 Å². The van der Waals surface area contributed by atoms with Crippen LogP contribution in [0.3, 0.4) is 0 Å². The summed E-state index contributed by atoms with van der Waals surface area (Å²) in [7, 11) is 0. The molecule has 0 unspecified atom stereocenters. The fourth-order valence-corrected chi connectivity index (χ4v) is 4.04. The Morgan fingerprint density at radius 2 is 1.82 bits per heavy atom. The van der Waals surface area contributed by atoms with Gasteiger partial charge in [-0.3, -0.25) is 14.4 Å². The van der Waals surface area contributed by atoms with E-state index >= 15 is 0 Å². The number of para-hydroxylation sites is 1. The SMILES string of the molecule is Cl.N[C@@H](Cc1c[nH]c2ccccc12)C(=O)N1CCC(C(=O)N[C@@H](CCC(=O)O)C(=O)O)CC1. The summed E-state index contributed by atoms with van der Waals surface area (Å²) >= 11 is 0. The Bertz CT molecular complexity index is 1000. The molecule has 1 aromatic heterocycles. The van der Waals surface area contributed by atoms with Gasteiger partial charge < -0.3 is 31.1 Å². The van der Waals surface area contributed by atoms with Crippen LogP contribution in [0.4, 0.5) is 0 Å². The summed E-state index contributed by atoms with van der Waals surface area (Å²) < 4.78 is 0. The number of H-pyrrole nitrogens is 1. The summed E-state index contributed by atoms with van der Waals surface area (Å²) in [6.07, 6.45) is 2.50. The number of nitrogens with zero attached hydrogens (tertiary/aromatic N) is 1. The number of carbonyl (C=O) groups is 4. The Hall–Kier alpha value is -3.11. The first-order chi connectivity index (χ1) is 15.3. The predicted molar refractivity (Wildman–Crippen MR) is 123 cm³/mol. The molecule has 1 saturated heterocycles. The van der Waals surface area contributed by atoms with Crippen molar-refractivity contribution in [3.63, 3.8) is 0 Å². The molecular formula is C22H29ClN4O6. The van der Waals surface area contributed by atoms with Gasteiger partial charge in [-0.15, -0.1) is 12.4 Å². The summed E-state index contributed by atoms with van der Waals surface area (Å²) in [6.45, 7) is 0.705. The molecule has 2 heterocycles. The maximum Gasteiger partial charge on any atom is 0.326 e. The minimum absolute atomic E-state index is 0. The fourth-order valence-electron chi connectivity index (χ4n) is 4.04. The zero-order valence-electron chi connectivity index (χ0n) is 18.0. The van der Waals surface area contributed by atoms with Crippen molar-refractivity contribution in [2.45, 2.75) is 44.2 Å². The number of hydrogen-bond donors (Lipinski definition) is 5. The average molecular weight is 481 g/mol. The Kier molecular flexibility index (Phi) is 9.24. The van der Waals surface area contributed by atoms with Gasteiger partial charge in [0.2, 0.25) is 11.8 Å². The number of fused-ring (bicyclic) bond motifs is 1. The number of rotatable bonds is 9. The Morgan fingerprint density at radius 3 is 2.45 bits per heavy atom. The number of nitrogens with two attached hydrogens (primary N) is 1. The highest BCUT2D eigenvalue weighted by Crippen LogP contribution is 2.21. The minimum Gasteiger partial charge on any atom is -0.481 e. The van der Waals surface area contributed by atoms with Gasteiger partial charge in [0.1, 0.15) is 6.04 Å². The number of piperidine rings is 1. The van der Waals surface area contributed by atoms with E-state index in [-0.39, 0.29) is 31.2 Å². The monoisotopic (exact) mass is 480 g/mol. The van der Waals surface area contributed by atoms with Gasteiger partial charge in [0.25, 0.3) is 0 Å². The molecular weight excluding hydrogens is 452 g/mol. The topological polar surface area (TPSA) is 166 Å². The lowest BCUT2D eigenvalue weighted by Gasteiger charge is -2.33. The normalized spacial score (nSPS) is 16.0. The highest BCUT2D eigenvalue weighted by atomic mass is 35.5. The Balaban J connectivity index is 0.00000385. The highest BCUT2D eigenvalue weighted by molar-refractivity contribution is 5.87. The molecule has 2 amide bonds.